The molecule has 3 rings (SSSR count). The number of H-pyrrole nitrogens is 1. The molecule has 3 aromatic rings. The van der Waals surface area contributed by atoms with Gasteiger partial charge >= 0.3 is 0 Å². The number of nitrogens with two attached hydrogens (primary N) is 1. The summed E-state index contributed by atoms with van der Waals surface area (Å²) in [6.45, 7) is 4.67. The number of aldehydes is 1. The molecule has 39 heavy (non-hydrogen) atoms. The number of carbonyl (C=O) groups excluding carboxylic acids is 2. The molecule has 0 aliphatic rings. The van der Waals surface area contributed by atoms with Gasteiger partial charge < -0.3 is 24.5 Å². The molecule has 3 N–H and O–H groups in total. The minimum atomic E-state index is -0.627. The number of benzene rings is 2. The third kappa shape index (κ3) is 11.6. The Morgan fingerprint density at radius 2 is 1.59 bits per heavy atom. The monoisotopic (exact) mass is 551 g/mol. The Bertz CT molecular complexity index is 1230. The van der Waals surface area contributed by atoms with Gasteiger partial charge in [0.1, 0.15) is 6.61 Å². The zero-order valence-electron chi connectivity index (χ0n) is 22.7. The van der Waals surface area contributed by atoms with E-state index in [1.165, 1.54) is 18.8 Å². The predicted octanol–water partition coefficient (Wildman–Crippen LogP) is 4.31. The van der Waals surface area contributed by atoms with Gasteiger partial charge in [-0.3, -0.25) is 14.4 Å². The van der Waals surface area contributed by atoms with E-state index in [-0.39, 0.29) is 36.8 Å². The summed E-state index contributed by atoms with van der Waals surface area (Å²) in [4.78, 5) is 41.8. The van der Waals surface area contributed by atoms with Gasteiger partial charge in [-0.05, 0) is 57.8 Å². The van der Waals surface area contributed by atoms with E-state index in [9.17, 15) is 14.4 Å². The second kappa shape index (κ2) is 20.2. The fourth-order valence-electron chi connectivity index (χ4n) is 3.38. The van der Waals surface area contributed by atoms with Gasteiger partial charge in [-0.1, -0.05) is 60.7 Å². The Morgan fingerprint density at radius 1 is 1.00 bits per heavy atom. The number of nitrogens with one attached hydrogen (secondary N) is 1. The number of hydrogen-bond donors (Lipinski definition) is 3. The molecule has 0 saturated carbocycles. The van der Waals surface area contributed by atoms with E-state index in [1.807, 2.05) is 74.5 Å². The maximum Gasteiger partial charge on any atom is 0.274 e. The first-order chi connectivity index (χ1) is 19.0. The topological polar surface area (TPSA) is 115 Å². The molecule has 8 nitrogen and oxygen atoms in total. The van der Waals surface area contributed by atoms with E-state index in [1.54, 1.807) is 4.90 Å². The molecule has 0 fully saturated rings. The Morgan fingerprint density at radius 3 is 2.13 bits per heavy atom. The molecule has 0 aliphatic carbocycles. The Hall–Kier alpha value is -3.84. The van der Waals surface area contributed by atoms with Crippen LogP contribution >= 0.6 is 12.9 Å². The van der Waals surface area contributed by atoms with Crippen LogP contribution in [-0.4, -0.2) is 48.8 Å². The summed E-state index contributed by atoms with van der Waals surface area (Å²) in [6, 6.07) is 19.2. The summed E-state index contributed by atoms with van der Waals surface area (Å²) in [5.41, 5.74) is 5.77. The number of aromatic nitrogens is 1. The van der Waals surface area contributed by atoms with Gasteiger partial charge in [0.2, 0.25) is 5.43 Å². The van der Waals surface area contributed by atoms with Crippen molar-refractivity contribution in [2.24, 2.45) is 5.73 Å². The van der Waals surface area contributed by atoms with E-state index in [2.05, 4.69) is 35.5 Å². The van der Waals surface area contributed by atoms with Gasteiger partial charge in [0.05, 0.1) is 12.2 Å². The maximum atomic E-state index is 13.4. The summed E-state index contributed by atoms with van der Waals surface area (Å²) in [6.07, 6.45) is 3.19. The van der Waals surface area contributed by atoms with Crippen molar-refractivity contribution in [3.63, 3.8) is 0 Å². The molecular formula is C30H37N3O5S. The minimum absolute atomic E-state index is 0.000376. The number of hydrogen-bond acceptors (Lipinski definition) is 7. The zero-order chi connectivity index (χ0) is 28.9. The lowest BCUT2D eigenvalue weighted by Gasteiger charge is -2.23. The number of aromatic amines is 1. The molecule has 2 aromatic carbocycles. The molecule has 0 atom stereocenters. The molecular weight excluding hydrogens is 514 g/mol. The van der Waals surface area contributed by atoms with Crippen LogP contribution in [-0.2, 0) is 17.2 Å². The normalized spacial score (nSPS) is 9.46. The summed E-state index contributed by atoms with van der Waals surface area (Å²) in [5, 5.41) is 0. The molecule has 0 aliphatic heterocycles. The van der Waals surface area contributed by atoms with Crippen LogP contribution in [0.5, 0.6) is 5.75 Å². The second-order valence-electron chi connectivity index (χ2n) is 7.88. The average Bonchev–Trinajstić information content (AvgIpc) is 3.00. The van der Waals surface area contributed by atoms with Crippen molar-refractivity contribution in [1.29, 1.82) is 0 Å². The van der Waals surface area contributed by atoms with Crippen molar-refractivity contribution in [2.75, 3.05) is 26.7 Å². The maximum absolute atomic E-state index is 13.4. The first kappa shape index (κ1) is 33.2. The number of thiol groups is 1. The van der Waals surface area contributed by atoms with E-state index in [0.29, 0.717) is 12.8 Å². The lowest BCUT2D eigenvalue weighted by molar-refractivity contribution is 0.0722. The highest BCUT2D eigenvalue weighted by molar-refractivity contribution is 7.75. The van der Waals surface area contributed by atoms with Crippen molar-refractivity contribution in [1.82, 2.24) is 9.88 Å². The number of aryl methyl sites for hydroxylation is 1. The van der Waals surface area contributed by atoms with Crippen LogP contribution in [0.2, 0.25) is 0 Å². The third-order valence-corrected chi connectivity index (χ3v) is 5.54. The van der Waals surface area contributed by atoms with E-state index in [0.717, 1.165) is 18.4 Å². The first-order valence-corrected chi connectivity index (χ1v) is 12.8. The number of ether oxygens (including phenoxy) is 1. The summed E-state index contributed by atoms with van der Waals surface area (Å²) < 4.78 is 10.6. The average molecular weight is 552 g/mol. The van der Waals surface area contributed by atoms with Crippen LogP contribution in [0.15, 0.2) is 71.7 Å². The highest BCUT2D eigenvalue weighted by atomic mass is 32.1. The van der Waals surface area contributed by atoms with Crippen molar-refractivity contribution in [3.8, 4) is 17.6 Å². The van der Waals surface area contributed by atoms with Gasteiger partial charge in [-0.15, -0.1) is 11.8 Å². The molecule has 0 radical (unpaired) electrons. The van der Waals surface area contributed by atoms with Crippen LogP contribution in [0.4, 0.5) is 0 Å². The van der Waals surface area contributed by atoms with Crippen molar-refractivity contribution < 1.29 is 18.5 Å². The van der Waals surface area contributed by atoms with Crippen LogP contribution in [0, 0.1) is 11.8 Å². The number of nitrogens with zero attached hydrogens (tertiary/aromatic N) is 1. The van der Waals surface area contributed by atoms with Crippen LogP contribution in [0.1, 0.15) is 52.2 Å². The van der Waals surface area contributed by atoms with Crippen molar-refractivity contribution >= 4 is 25.1 Å². The van der Waals surface area contributed by atoms with Crippen LogP contribution in [0.25, 0.3) is 0 Å². The number of carbonyl (C=O) groups is 2. The first-order valence-electron chi connectivity index (χ1n) is 12.4. The molecule has 0 saturated heterocycles. The Labute approximate surface area is 236 Å². The predicted molar refractivity (Wildman–Crippen MR) is 158 cm³/mol. The lowest BCUT2D eigenvalue weighted by atomic mass is 10.1. The molecule has 0 bridgehead atoms. The summed E-state index contributed by atoms with van der Waals surface area (Å²) >= 11 is 3.78. The summed E-state index contributed by atoms with van der Waals surface area (Å²) in [5.74, 6) is 4.78. The van der Waals surface area contributed by atoms with E-state index < -0.39 is 11.3 Å². The number of amides is 1. The van der Waals surface area contributed by atoms with Gasteiger partial charge in [0.25, 0.3) is 5.91 Å². The van der Waals surface area contributed by atoms with E-state index in [4.69, 9.17) is 8.92 Å². The quantitative estimate of drug-likeness (QED) is 0.134. The van der Waals surface area contributed by atoms with Gasteiger partial charge in [0.15, 0.2) is 17.7 Å². The second-order valence-corrected chi connectivity index (χ2v) is 8.14. The van der Waals surface area contributed by atoms with Crippen LogP contribution < -0.4 is 15.9 Å². The van der Waals surface area contributed by atoms with Gasteiger partial charge in [-0.25, -0.2) is 0 Å². The molecule has 208 valence electrons. The standard InChI is InChI=1S/C25H26N2O5S.C4H6.CH5N/c28-17-21-16-26-22(24(23(21)29)31-18-20-10-5-2-6-11-20)25(30)27(14-15-32-33)13-7-12-19-8-3-1-4-9-19;1-3-4-2;1-2/h1-6,8-11,16-17,33H,7,12-15,18H2,(H,26,29);1-2H3;2H2,1H3. The smallest absolute Gasteiger partial charge is 0.274 e. The van der Waals surface area contributed by atoms with Gasteiger partial charge in [0, 0.05) is 19.3 Å². The SMILES string of the molecule is CC#CC.CN.O=Cc1c[nH]c(C(=O)N(CCCc2ccccc2)CCOS)c(OCc2ccccc2)c1=O. The molecule has 1 heterocycles. The minimum Gasteiger partial charge on any atom is -0.483 e. The van der Waals surface area contributed by atoms with Crippen LogP contribution in [0.3, 0.4) is 0 Å². The highest BCUT2D eigenvalue weighted by Gasteiger charge is 2.24. The zero-order valence-corrected chi connectivity index (χ0v) is 23.6. The molecule has 0 unspecified atom stereocenters. The number of rotatable bonds is 12. The molecule has 0 spiro atoms. The van der Waals surface area contributed by atoms with Crippen molar-refractivity contribution in [2.45, 2.75) is 33.3 Å². The molecule has 1 amide bonds. The van der Waals surface area contributed by atoms with E-state index >= 15 is 0 Å². The lowest BCUT2D eigenvalue weighted by Crippen LogP contribution is -2.36. The fraction of sp³-hybridized carbons (Fsp3) is 0.300. The third-order valence-electron chi connectivity index (χ3n) is 5.36. The fourth-order valence-corrected chi connectivity index (χ4v) is 3.46. The Kier molecular flexibility index (Phi) is 17.2. The summed E-state index contributed by atoms with van der Waals surface area (Å²) in [7, 11) is 1.50. The highest BCUT2D eigenvalue weighted by Crippen LogP contribution is 2.17. The Balaban J connectivity index is 0.00000116. The molecule has 1 aromatic heterocycles. The molecule has 9 heteroatoms. The number of pyridine rings is 1. The van der Waals surface area contributed by atoms with Gasteiger partial charge in [-0.2, -0.15) is 0 Å². The largest absolute Gasteiger partial charge is 0.483 e. The van der Waals surface area contributed by atoms with Crippen molar-refractivity contribution in [3.05, 3.63) is 99.5 Å².